The van der Waals surface area contributed by atoms with Crippen LogP contribution in [0.4, 0.5) is 5.95 Å². The fourth-order valence-electron chi connectivity index (χ4n) is 2.05. The Hall–Kier alpha value is -1.67. The molecule has 2 heterocycles. The van der Waals surface area contributed by atoms with Gasteiger partial charge in [-0.05, 0) is 25.8 Å². The van der Waals surface area contributed by atoms with Crippen molar-refractivity contribution in [3.8, 4) is 6.07 Å². The molecule has 0 spiro atoms. The summed E-state index contributed by atoms with van der Waals surface area (Å²) in [5.41, 5.74) is 6.31. The van der Waals surface area contributed by atoms with Crippen LogP contribution in [0, 0.1) is 11.3 Å². The van der Waals surface area contributed by atoms with Crippen molar-refractivity contribution in [1.29, 1.82) is 5.26 Å². The van der Waals surface area contributed by atoms with Gasteiger partial charge in [0.05, 0.1) is 0 Å². The van der Waals surface area contributed by atoms with Gasteiger partial charge in [0.15, 0.2) is 0 Å². The number of nitrogens with zero attached hydrogens (tertiary/aromatic N) is 4. The third-order valence-electron chi connectivity index (χ3n) is 2.93. The lowest BCUT2D eigenvalue weighted by Gasteiger charge is -2.36. The summed E-state index contributed by atoms with van der Waals surface area (Å²) in [5.74, 6) is 0.637. The quantitative estimate of drug-likeness (QED) is 0.747. The Morgan fingerprint density at radius 2 is 2.44 bits per heavy atom. The highest BCUT2D eigenvalue weighted by atomic mass is 15.3. The Morgan fingerprint density at radius 3 is 3.12 bits per heavy atom. The number of hydrogen-bond donors (Lipinski definition) is 1. The summed E-state index contributed by atoms with van der Waals surface area (Å²) in [4.78, 5) is 10.5. The molecule has 2 rings (SSSR count). The van der Waals surface area contributed by atoms with E-state index in [0.717, 1.165) is 19.4 Å². The van der Waals surface area contributed by atoms with E-state index in [1.165, 1.54) is 0 Å². The Balaban J connectivity index is 2.20. The molecule has 1 aliphatic rings. The molecule has 5 heteroatoms. The molecule has 1 aliphatic heterocycles. The fourth-order valence-corrected chi connectivity index (χ4v) is 2.05. The van der Waals surface area contributed by atoms with Crippen molar-refractivity contribution in [2.45, 2.75) is 31.8 Å². The predicted molar refractivity (Wildman–Crippen MR) is 60.8 cm³/mol. The first kappa shape index (κ1) is 10.8. The monoisotopic (exact) mass is 217 g/mol. The summed E-state index contributed by atoms with van der Waals surface area (Å²) in [6.07, 6.45) is 3.52. The number of hydrogen-bond acceptors (Lipinski definition) is 5. The smallest absolute Gasteiger partial charge is 0.226 e. The van der Waals surface area contributed by atoms with E-state index in [1.807, 2.05) is 6.07 Å². The number of rotatable bonds is 1. The highest BCUT2D eigenvalue weighted by Crippen LogP contribution is 2.20. The lowest BCUT2D eigenvalue weighted by Crippen LogP contribution is -2.46. The van der Waals surface area contributed by atoms with Crippen molar-refractivity contribution in [3.05, 3.63) is 18.0 Å². The molecule has 5 nitrogen and oxygen atoms in total. The zero-order valence-corrected chi connectivity index (χ0v) is 9.30. The van der Waals surface area contributed by atoms with Gasteiger partial charge >= 0.3 is 0 Å². The molecule has 16 heavy (non-hydrogen) atoms. The van der Waals surface area contributed by atoms with Crippen LogP contribution in [0.15, 0.2) is 12.3 Å². The van der Waals surface area contributed by atoms with Gasteiger partial charge in [-0.2, -0.15) is 5.26 Å². The minimum absolute atomic E-state index is 0.269. The molecule has 0 aromatic carbocycles. The average molecular weight is 217 g/mol. The topological polar surface area (TPSA) is 78.8 Å². The van der Waals surface area contributed by atoms with Crippen LogP contribution in [0.1, 0.15) is 25.5 Å². The fraction of sp³-hybridized carbons (Fsp3) is 0.545. The highest BCUT2D eigenvalue weighted by molar-refractivity contribution is 5.35. The second kappa shape index (κ2) is 4.45. The first-order valence-electron chi connectivity index (χ1n) is 5.46. The molecule has 84 valence electrons. The highest BCUT2D eigenvalue weighted by Gasteiger charge is 2.25. The van der Waals surface area contributed by atoms with Crippen molar-refractivity contribution >= 4 is 5.95 Å². The third kappa shape index (κ3) is 2.12. The Kier molecular flexibility index (Phi) is 3.02. The van der Waals surface area contributed by atoms with Gasteiger partial charge in [0.1, 0.15) is 11.8 Å². The summed E-state index contributed by atoms with van der Waals surface area (Å²) < 4.78 is 0. The third-order valence-corrected chi connectivity index (χ3v) is 2.93. The van der Waals surface area contributed by atoms with E-state index in [-0.39, 0.29) is 6.04 Å². The maximum absolute atomic E-state index is 8.79. The molecule has 0 amide bonds. The van der Waals surface area contributed by atoms with Gasteiger partial charge in [-0.3, -0.25) is 0 Å². The predicted octanol–water partition coefficient (Wildman–Crippen LogP) is 0.664. The van der Waals surface area contributed by atoms with Crippen molar-refractivity contribution < 1.29 is 0 Å². The van der Waals surface area contributed by atoms with E-state index in [1.54, 1.807) is 12.3 Å². The number of nitriles is 1. The molecule has 0 saturated carbocycles. The Labute approximate surface area is 94.9 Å². The van der Waals surface area contributed by atoms with Gasteiger partial charge in [-0.25, -0.2) is 9.97 Å². The maximum atomic E-state index is 8.79. The molecule has 1 aromatic rings. The van der Waals surface area contributed by atoms with Crippen molar-refractivity contribution in [2.75, 3.05) is 11.4 Å². The summed E-state index contributed by atoms with van der Waals surface area (Å²) >= 11 is 0. The average Bonchev–Trinajstić information content (AvgIpc) is 2.29. The SMILES string of the molecule is CC1CC(N)CCN1c1nccc(C#N)n1. The van der Waals surface area contributed by atoms with Crippen LogP contribution in [0.5, 0.6) is 0 Å². The molecule has 2 unspecified atom stereocenters. The van der Waals surface area contributed by atoms with Crippen molar-refractivity contribution in [2.24, 2.45) is 5.73 Å². The summed E-state index contributed by atoms with van der Waals surface area (Å²) in [6.45, 7) is 2.97. The molecule has 0 radical (unpaired) electrons. The van der Waals surface area contributed by atoms with Gasteiger partial charge in [-0.15, -0.1) is 0 Å². The van der Waals surface area contributed by atoms with Gasteiger partial charge in [0.25, 0.3) is 0 Å². The van der Waals surface area contributed by atoms with Crippen LogP contribution in [-0.2, 0) is 0 Å². The van der Waals surface area contributed by atoms with Gasteiger partial charge < -0.3 is 10.6 Å². The zero-order chi connectivity index (χ0) is 11.5. The van der Waals surface area contributed by atoms with Gasteiger partial charge in [0.2, 0.25) is 5.95 Å². The zero-order valence-electron chi connectivity index (χ0n) is 9.30. The van der Waals surface area contributed by atoms with Crippen LogP contribution in [0.2, 0.25) is 0 Å². The summed E-state index contributed by atoms with van der Waals surface area (Å²) in [7, 11) is 0. The van der Waals surface area contributed by atoms with Crippen LogP contribution in [0.25, 0.3) is 0 Å². The molecule has 2 atom stereocenters. The van der Waals surface area contributed by atoms with E-state index in [9.17, 15) is 0 Å². The van der Waals surface area contributed by atoms with Crippen LogP contribution >= 0.6 is 0 Å². The summed E-state index contributed by atoms with van der Waals surface area (Å²) in [5, 5.41) is 8.79. The van der Waals surface area contributed by atoms with Gasteiger partial charge in [-0.1, -0.05) is 0 Å². The normalized spacial score (nSPS) is 25.2. The van der Waals surface area contributed by atoms with E-state index in [0.29, 0.717) is 17.7 Å². The van der Waals surface area contributed by atoms with Crippen molar-refractivity contribution in [1.82, 2.24) is 9.97 Å². The molecule has 0 bridgehead atoms. The lowest BCUT2D eigenvalue weighted by molar-refractivity contribution is 0.424. The number of anilines is 1. The standard InChI is InChI=1S/C11H15N5/c1-8-6-9(13)3-5-16(8)11-14-4-2-10(7-12)15-11/h2,4,8-9H,3,5-6,13H2,1H3. The van der Waals surface area contributed by atoms with E-state index in [2.05, 4.69) is 21.8 Å². The molecular formula is C11H15N5. The largest absolute Gasteiger partial charge is 0.338 e. The van der Waals surface area contributed by atoms with E-state index >= 15 is 0 Å². The lowest BCUT2D eigenvalue weighted by atomic mass is 10.00. The van der Waals surface area contributed by atoms with Crippen LogP contribution < -0.4 is 10.6 Å². The molecule has 0 aliphatic carbocycles. The first-order valence-corrected chi connectivity index (χ1v) is 5.46. The molecule has 2 N–H and O–H groups in total. The maximum Gasteiger partial charge on any atom is 0.226 e. The van der Waals surface area contributed by atoms with Crippen molar-refractivity contribution in [3.63, 3.8) is 0 Å². The molecule has 1 saturated heterocycles. The van der Waals surface area contributed by atoms with Crippen LogP contribution in [0.3, 0.4) is 0 Å². The molecule has 1 aromatic heterocycles. The Bertz CT molecular complexity index is 411. The molecular weight excluding hydrogens is 202 g/mol. The number of aromatic nitrogens is 2. The van der Waals surface area contributed by atoms with E-state index < -0.39 is 0 Å². The second-order valence-electron chi connectivity index (χ2n) is 4.18. The minimum atomic E-state index is 0.269. The number of piperidine rings is 1. The van der Waals surface area contributed by atoms with E-state index in [4.69, 9.17) is 11.0 Å². The van der Waals surface area contributed by atoms with Crippen LogP contribution in [-0.4, -0.2) is 28.6 Å². The number of nitrogens with two attached hydrogens (primary N) is 1. The molecule has 1 fully saturated rings. The van der Waals surface area contributed by atoms with Gasteiger partial charge in [0, 0.05) is 24.8 Å². The minimum Gasteiger partial charge on any atom is -0.338 e. The second-order valence-corrected chi connectivity index (χ2v) is 4.18. The summed E-state index contributed by atoms with van der Waals surface area (Å²) in [6, 6.07) is 4.24. The first-order chi connectivity index (χ1) is 7.70. The Morgan fingerprint density at radius 1 is 1.62 bits per heavy atom.